The van der Waals surface area contributed by atoms with Crippen molar-refractivity contribution in [2.24, 2.45) is 0 Å². The fourth-order valence-electron chi connectivity index (χ4n) is 5.28. The Kier molecular flexibility index (Phi) is 8.93. The summed E-state index contributed by atoms with van der Waals surface area (Å²) in [6.45, 7) is 3.14. The molecule has 43 heavy (non-hydrogen) atoms. The first-order chi connectivity index (χ1) is 20.9. The number of hydrogen-bond donors (Lipinski definition) is 4. The number of carbonyl (C=O) groups excluding carboxylic acids is 2. The number of imidazole rings is 1. The van der Waals surface area contributed by atoms with Gasteiger partial charge in [0.05, 0.1) is 6.04 Å². The van der Waals surface area contributed by atoms with Gasteiger partial charge < -0.3 is 26.4 Å². The number of carbonyl (C=O) groups is 3. The maximum atomic E-state index is 12.6. The highest BCUT2D eigenvalue weighted by atomic mass is 16.4. The second kappa shape index (κ2) is 13.1. The van der Waals surface area contributed by atoms with Gasteiger partial charge in [-0.05, 0) is 69.3 Å². The number of benzene rings is 1. The summed E-state index contributed by atoms with van der Waals surface area (Å²) in [6, 6.07) is 11.9. The highest BCUT2D eigenvalue weighted by molar-refractivity contribution is 6.04. The summed E-state index contributed by atoms with van der Waals surface area (Å²) in [5.41, 5.74) is 8.84. The van der Waals surface area contributed by atoms with Gasteiger partial charge >= 0.3 is 5.97 Å². The first-order valence-electron chi connectivity index (χ1n) is 14.0. The van der Waals surface area contributed by atoms with Gasteiger partial charge in [-0.2, -0.15) is 0 Å². The van der Waals surface area contributed by atoms with Crippen LogP contribution in [0.25, 0.3) is 16.8 Å². The predicted molar refractivity (Wildman–Crippen MR) is 161 cm³/mol. The molecule has 12 nitrogen and oxygen atoms in total. The second-order valence-corrected chi connectivity index (χ2v) is 10.1. The number of nitrogen functional groups attached to an aromatic ring is 1. The van der Waals surface area contributed by atoms with E-state index in [4.69, 9.17) is 15.8 Å². The van der Waals surface area contributed by atoms with E-state index in [-0.39, 0.29) is 23.9 Å². The van der Waals surface area contributed by atoms with Gasteiger partial charge in [0.25, 0.3) is 11.8 Å². The molecule has 5 heterocycles. The number of carboxylic acid groups (broad SMARTS) is 1. The lowest BCUT2D eigenvalue weighted by atomic mass is 10.1. The summed E-state index contributed by atoms with van der Waals surface area (Å²) in [4.78, 5) is 50.4. The van der Waals surface area contributed by atoms with Crippen LogP contribution in [0.15, 0.2) is 61.1 Å². The van der Waals surface area contributed by atoms with Crippen molar-refractivity contribution in [3.05, 3.63) is 72.4 Å². The maximum absolute atomic E-state index is 12.6. The van der Waals surface area contributed by atoms with Crippen LogP contribution in [0.4, 0.5) is 11.6 Å². The van der Waals surface area contributed by atoms with Crippen LogP contribution in [-0.2, 0) is 9.59 Å². The molecule has 220 valence electrons. The molecule has 0 saturated carbocycles. The highest BCUT2D eigenvalue weighted by Crippen LogP contribution is 2.36. The van der Waals surface area contributed by atoms with E-state index in [1.807, 2.05) is 16.5 Å². The average molecular weight is 581 g/mol. The molecule has 0 spiro atoms. The van der Waals surface area contributed by atoms with Crippen LogP contribution in [0.5, 0.6) is 0 Å². The molecule has 12 heteroatoms. The van der Waals surface area contributed by atoms with Crippen LogP contribution < -0.4 is 16.4 Å². The molecule has 2 amide bonds. The van der Waals surface area contributed by atoms with E-state index in [1.54, 1.807) is 60.7 Å². The number of anilines is 2. The minimum absolute atomic E-state index is 0.210. The topological polar surface area (TPSA) is 168 Å². The smallest absolute Gasteiger partial charge is 0.320 e. The lowest BCUT2D eigenvalue weighted by Gasteiger charge is -2.21. The first-order valence-corrected chi connectivity index (χ1v) is 14.0. The van der Waals surface area contributed by atoms with Crippen molar-refractivity contribution in [2.75, 3.05) is 24.1 Å². The first kappa shape index (κ1) is 29.2. The van der Waals surface area contributed by atoms with Crippen LogP contribution in [0.2, 0.25) is 0 Å². The molecule has 4 aromatic rings. The number of aliphatic carboxylic acids is 1. The van der Waals surface area contributed by atoms with Gasteiger partial charge in [0.2, 0.25) is 0 Å². The van der Waals surface area contributed by atoms with E-state index >= 15 is 0 Å². The number of amides is 2. The van der Waals surface area contributed by atoms with Crippen molar-refractivity contribution in [2.45, 2.75) is 44.7 Å². The van der Waals surface area contributed by atoms with Crippen molar-refractivity contribution >= 4 is 34.9 Å². The Balaban J connectivity index is 0.000000400. The lowest BCUT2D eigenvalue weighted by Crippen LogP contribution is -2.30. The average Bonchev–Trinajstić information content (AvgIpc) is 3.79. The zero-order valence-electron chi connectivity index (χ0n) is 23.7. The van der Waals surface area contributed by atoms with Crippen molar-refractivity contribution < 1.29 is 19.5 Å². The van der Waals surface area contributed by atoms with Crippen molar-refractivity contribution in [3.63, 3.8) is 0 Å². The number of nitrogens with two attached hydrogens (primary N) is 1. The molecule has 2 atom stereocenters. The fourth-order valence-corrected chi connectivity index (χ4v) is 5.28. The van der Waals surface area contributed by atoms with E-state index in [0.29, 0.717) is 40.8 Å². The quantitative estimate of drug-likeness (QED) is 0.259. The molecule has 3 aromatic heterocycles. The minimum atomic E-state index is -0.720. The van der Waals surface area contributed by atoms with E-state index in [1.165, 1.54) is 0 Å². The number of fused-ring (bicyclic) bond motifs is 1. The number of nitrogens with one attached hydrogen (secondary N) is 2. The Hall–Kier alpha value is -5.28. The largest absolute Gasteiger partial charge is 0.480 e. The molecule has 2 saturated heterocycles. The van der Waals surface area contributed by atoms with Crippen LogP contribution >= 0.6 is 0 Å². The van der Waals surface area contributed by atoms with Crippen LogP contribution in [0.1, 0.15) is 54.8 Å². The van der Waals surface area contributed by atoms with Gasteiger partial charge in [-0.3, -0.25) is 18.8 Å². The number of aromatic nitrogens is 4. The van der Waals surface area contributed by atoms with Gasteiger partial charge in [0.1, 0.15) is 34.7 Å². The minimum Gasteiger partial charge on any atom is -0.480 e. The zero-order chi connectivity index (χ0) is 30.3. The van der Waals surface area contributed by atoms with Gasteiger partial charge in [-0.15, -0.1) is 0 Å². The van der Waals surface area contributed by atoms with Crippen LogP contribution in [-0.4, -0.2) is 66.3 Å². The molecule has 0 aliphatic carbocycles. The maximum Gasteiger partial charge on any atom is 0.320 e. The summed E-state index contributed by atoms with van der Waals surface area (Å²) >= 11 is 0. The van der Waals surface area contributed by atoms with E-state index in [0.717, 1.165) is 37.8 Å². The Labute approximate surface area is 248 Å². The molecule has 1 aromatic carbocycles. The summed E-state index contributed by atoms with van der Waals surface area (Å²) in [5.74, 6) is 5.67. The molecule has 2 aliphatic rings. The number of hydrogen-bond acceptors (Lipinski definition) is 8. The van der Waals surface area contributed by atoms with Gasteiger partial charge in [-0.25, -0.2) is 15.0 Å². The van der Waals surface area contributed by atoms with Gasteiger partial charge in [-0.1, -0.05) is 24.1 Å². The number of likely N-dealkylation sites (tertiary alicyclic amines) is 1. The Bertz CT molecular complexity index is 1690. The third kappa shape index (κ3) is 6.47. The summed E-state index contributed by atoms with van der Waals surface area (Å²) in [5, 5.41) is 14.0. The SMILES string of the molecule is CC#CC(=O)N1CCC[C@H]1c1nc(-c2ccc(C(=O)Nc3ccccn3)cc2)c2c(N)nccn12.O=C(O)[C@@H]1CCCN1. The van der Waals surface area contributed by atoms with Crippen LogP contribution in [0, 0.1) is 11.8 Å². The van der Waals surface area contributed by atoms with Crippen molar-refractivity contribution in [1.29, 1.82) is 0 Å². The molecule has 0 bridgehead atoms. The summed E-state index contributed by atoms with van der Waals surface area (Å²) in [6.07, 6.45) is 8.48. The third-order valence-corrected chi connectivity index (χ3v) is 7.34. The van der Waals surface area contributed by atoms with E-state index in [2.05, 4.69) is 32.4 Å². The molecular weight excluding hydrogens is 548 g/mol. The second-order valence-electron chi connectivity index (χ2n) is 10.1. The Morgan fingerprint density at radius 1 is 1.07 bits per heavy atom. The normalized spacial score (nSPS) is 17.5. The zero-order valence-corrected chi connectivity index (χ0v) is 23.7. The van der Waals surface area contributed by atoms with Crippen LogP contribution in [0.3, 0.4) is 0 Å². The van der Waals surface area contributed by atoms with Gasteiger partial charge in [0, 0.05) is 36.3 Å². The lowest BCUT2D eigenvalue weighted by molar-refractivity contribution is -0.139. The molecule has 5 N–H and O–H groups in total. The Morgan fingerprint density at radius 2 is 1.88 bits per heavy atom. The van der Waals surface area contributed by atoms with Gasteiger partial charge in [0.15, 0.2) is 0 Å². The molecule has 0 radical (unpaired) electrons. The molecule has 2 aliphatic heterocycles. The molecule has 0 unspecified atom stereocenters. The third-order valence-electron chi connectivity index (χ3n) is 7.34. The standard InChI is InChI=1S/C26H23N7O2.C5H9NO2/c1-2-6-21(34)32-15-5-7-19(32)25-31-22(23-24(27)29-14-16-33(23)25)17-9-11-18(12-10-17)26(35)30-20-8-3-4-13-28-20;7-5(8)4-2-1-3-6-4/h3-4,8-14,16,19H,5,7,15H2,1H3,(H2,27,29)(H,28,30,35);4,6H,1-3H2,(H,7,8)/t19-;4-/m00/s1. The van der Waals surface area contributed by atoms with E-state index < -0.39 is 5.97 Å². The van der Waals surface area contributed by atoms with E-state index in [9.17, 15) is 14.4 Å². The number of carboxylic acids is 1. The highest BCUT2D eigenvalue weighted by Gasteiger charge is 2.33. The Morgan fingerprint density at radius 3 is 2.53 bits per heavy atom. The summed E-state index contributed by atoms with van der Waals surface area (Å²) < 4.78 is 1.90. The number of rotatable bonds is 5. The fraction of sp³-hybridized carbons (Fsp3) is 0.290. The molecule has 2 fully saturated rings. The number of nitrogens with zero attached hydrogens (tertiary/aromatic N) is 5. The molecular formula is C31H32N8O4. The van der Waals surface area contributed by atoms with Crippen molar-refractivity contribution in [3.8, 4) is 23.1 Å². The van der Waals surface area contributed by atoms with Crippen molar-refractivity contribution in [1.82, 2.24) is 29.6 Å². The number of pyridine rings is 1. The predicted octanol–water partition coefficient (Wildman–Crippen LogP) is 3.14. The monoisotopic (exact) mass is 580 g/mol. The summed E-state index contributed by atoms with van der Waals surface area (Å²) in [7, 11) is 0. The molecule has 6 rings (SSSR count).